The highest BCUT2D eigenvalue weighted by Crippen LogP contribution is 2.38. The van der Waals surface area contributed by atoms with Gasteiger partial charge in [0.2, 0.25) is 6.79 Å². The van der Waals surface area contributed by atoms with Gasteiger partial charge in [0.25, 0.3) is 0 Å². The molecular weight excluding hydrogens is 391 g/mol. The second kappa shape index (κ2) is 7.00. The van der Waals surface area contributed by atoms with E-state index in [1.807, 2.05) is 23.6 Å². The Hall–Kier alpha value is -2.52. The summed E-state index contributed by atoms with van der Waals surface area (Å²) in [4.78, 5) is 4.56. The average Bonchev–Trinajstić information content (AvgIpc) is 3.28. The van der Waals surface area contributed by atoms with Gasteiger partial charge < -0.3 is 9.47 Å². The lowest BCUT2D eigenvalue weighted by atomic mass is 10.1. The minimum atomic E-state index is 0.166. The van der Waals surface area contributed by atoms with E-state index in [4.69, 9.17) is 32.7 Å². The summed E-state index contributed by atoms with van der Waals surface area (Å²) in [6, 6.07) is 13.1. The average molecular weight is 401 g/mol. The normalized spacial score (nSPS) is 12.9. The molecule has 26 heavy (non-hydrogen) atoms. The van der Waals surface area contributed by atoms with Gasteiger partial charge in [-0.3, -0.25) is 0 Å². The van der Waals surface area contributed by atoms with E-state index in [0.29, 0.717) is 37.7 Å². The topological polar surface area (TPSA) is 55.1 Å². The van der Waals surface area contributed by atoms with E-state index in [9.17, 15) is 5.26 Å². The van der Waals surface area contributed by atoms with Crippen LogP contribution in [0.15, 0.2) is 41.8 Å². The first-order valence-electron chi connectivity index (χ1n) is 7.57. The number of allylic oxidation sites excluding steroid dienone is 1. The number of benzene rings is 2. The predicted molar refractivity (Wildman–Crippen MR) is 104 cm³/mol. The van der Waals surface area contributed by atoms with Crippen molar-refractivity contribution in [3.63, 3.8) is 0 Å². The van der Waals surface area contributed by atoms with Crippen molar-refractivity contribution in [1.82, 2.24) is 4.98 Å². The van der Waals surface area contributed by atoms with E-state index in [2.05, 4.69) is 11.1 Å². The molecule has 128 valence electrons. The lowest BCUT2D eigenvalue weighted by Gasteiger charge is -2.02. The fourth-order valence-electron chi connectivity index (χ4n) is 2.52. The van der Waals surface area contributed by atoms with E-state index >= 15 is 0 Å². The van der Waals surface area contributed by atoms with Crippen LogP contribution in [0.3, 0.4) is 0 Å². The molecule has 3 aromatic rings. The van der Waals surface area contributed by atoms with Gasteiger partial charge >= 0.3 is 0 Å². The molecule has 0 amide bonds. The van der Waals surface area contributed by atoms with E-state index in [1.165, 1.54) is 11.3 Å². The fraction of sp³-hybridized carbons (Fsp3) is 0.0526. The summed E-state index contributed by atoms with van der Waals surface area (Å²) in [6.07, 6.45) is 1.70. The Labute approximate surface area is 163 Å². The van der Waals surface area contributed by atoms with Crippen LogP contribution in [0.5, 0.6) is 11.5 Å². The SMILES string of the molecule is N#CC(=Cc1cc2c(cc1Cl)OCO2)c1nc(-c2cccc(Cl)c2)cs1. The number of nitriles is 1. The lowest BCUT2D eigenvalue weighted by molar-refractivity contribution is 0.174. The Morgan fingerprint density at radius 1 is 1.19 bits per heavy atom. The third-order valence-corrected chi connectivity index (χ3v) is 5.21. The van der Waals surface area contributed by atoms with Crippen molar-refractivity contribution in [2.75, 3.05) is 6.79 Å². The van der Waals surface area contributed by atoms with Gasteiger partial charge in [-0.15, -0.1) is 11.3 Å². The van der Waals surface area contributed by atoms with Gasteiger partial charge in [0.15, 0.2) is 11.5 Å². The Bertz CT molecular complexity index is 1070. The third-order valence-electron chi connectivity index (χ3n) is 3.77. The molecule has 4 rings (SSSR count). The van der Waals surface area contributed by atoms with Crippen LogP contribution in [-0.4, -0.2) is 11.8 Å². The van der Waals surface area contributed by atoms with Crippen LogP contribution in [0.4, 0.5) is 0 Å². The molecule has 0 N–H and O–H groups in total. The number of rotatable bonds is 3. The molecule has 0 spiro atoms. The highest BCUT2D eigenvalue weighted by Gasteiger charge is 2.17. The van der Waals surface area contributed by atoms with Crippen molar-refractivity contribution in [3.05, 3.63) is 62.4 Å². The molecule has 7 heteroatoms. The van der Waals surface area contributed by atoms with E-state index < -0.39 is 0 Å². The van der Waals surface area contributed by atoms with Crippen molar-refractivity contribution in [2.24, 2.45) is 0 Å². The lowest BCUT2D eigenvalue weighted by Crippen LogP contribution is -1.92. The number of halogens is 2. The largest absolute Gasteiger partial charge is 0.454 e. The summed E-state index contributed by atoms with van der Waals surface area (Å²) in [5.74, 6) is 1.21. The van der Waals surface area contributed by atoms with Gasteiger partial charge in [-0.05, 0) is 29.8 Å². The molecule has 0 atom stereocenters. The first-order chi connectivity index (χ1) is 12.6. The molecule has 0 radical (unpaired) electrons. The van der Waals surface area contributed by atoms with Crippen molar-refractivity contribution in [3.8, 4) is 28.8 Å². The van der Waals surface area contributed by atoms with Crippen LogP contribution in [0.25, 0.3) is 22.9 Å². The van der Waals surface area contributed by atoms with Crippen molar-refractivity contribution in [1.29, 1.82) is 5.26 Å². The Balaban J connectivity index is 1.71. The molecule has 0 aliphatic carbocycles. The zero-order chi connectivity index (χ0) is 18.1. The second-order valence-corrected chi connectivity index (χ2v) is 7.15. The number of fused-ring (bicyclic) bond motifs is 1. The smallest absolute Gasteiger partial charge is 0.231 e. The zero-order valence-corrected chi connectivity index (χ0v) is 15.5. The van der Waals surface area contributed by atoms with E-state index in [1.54, 1.807) is 24.3 Å². The van der Waals surface area contributed by atoms with Gasteiger partial charge in [-0.1, -0.05) is 35.3 Å². The van der Waals surface area contributed by atoms with Crippen LogP contribution < -0.4 is 9.47 Å². The number of ether oxygens (including phenoxy) is 2. The summed E-state index contributed by atoms with van der Waals surface area (Å²) >= 11 is 13.7. The zero-order valence-electron chi connectivity index (χ0n) is 13.2. The maximum Gasteiger partial charge on any atom is 0.231 e. The van der Waals surface area contributed by atoms with Crippen LogP contribution in [0, 0.1) is 11.3 Å². The molecule has 0 saturated heterocycles. The van der Waals surface area contributed by atoms with Crippen LogP contribution >= 0.6 is 34.5 Å². The number of hydrogen-bond donors (Lipinski definition) is 0. The highest BCUT2D eigenvalue weighted by molar-refractivity contribution is 7.11. The summed E-state index contributed by atoms with van der Waals surface area (Å²) in [6.45, 7) is 0.166. The van der Waals surface area contributed by atoms with Gasteiger partial charge in [-0.2, -0.15) is 5.26 Å². The van der Waals surface area contributed by atoms with E-state index in [-0.39, 0.29) is 6.79 Å². The maximum atomic E-state index is 9.58. The second-order valence-electron chi connectivity index (χ2n) is 5.45. The van der Waals surface area contributed by atoms with Crippen LogP contribution in [-0.2, 0) is 0 Å². The minimum absolute atomic E-state index is 0.166. The predicted octanol–water partition coefficient (Wildman–Crippen LogP) is 5.91. The van der Waals surface area contributed by atoms with E-state index in [0.717, 1.165) is 11.3 Å². The number of hydrogen-bond acceptors (Lipinski definition) is 5. The molecule has 0 bridgehead atoms. The van der Waals surface area contributed by atoms with Gasteiger partial charge in [0, 0.05) is 22.0 Å². The fourth-order valence-corrected chi connectivity index (χ4v) is 3.71. The molecule has 2 aromatic carbocycles. The number of aromatic nitrogens is 1. The Morgan fingerprint density at radius 3 is 2.77 bits per heavy atom. The monoisotopic (exact) mass is 400 g/mol. The van der Waals surface area contributed by atoms with Crippen molar-refractivity contribution in [2.45, 2.75) is 0 Å². The number of thiazole rings is 1. The summed E-state index contributed by atoms with van der Waals surface area (Å²) < 4.78 is 10.7. The summed E-state index contributed by atoms with van der Waals surface area (Å²) in [5.41, 5.74) is 2.76. The summed E-state index contributed by atoms with van der Waals surface area (Å²) in [7, 11) is 0. The molecule has 1 aliphatic heterocycles. The molecule has 0 unspecified atom stereocenters. The summed E-state index contributed by atoms with van der Waals surface area (Å²) in [5, 5.41) is 13.2. The highest BCUT2D eigenvalue weighted by atomic mass is 35.5. The molecule has 1 aliphatic rings. The quantitative estimate of drug-likeness (QED) is 0.512. The van der Waals surface area contributed by atoms with Gasteiger partial charge in [-0.25, -0.2) is 4.98 Å². The Kier molecular flexibility index (Phi) is 4.56. The van der Waals surface area contributed by atoms with Gasteiger partial charge in [0.05, 0.1) is 16.3 Å². The van der Waals surface area contributed by atoms with Crippen molar-refractivity contribution < 1.29 is 9.47 Å². The molecule has 0 saturated carbocycles. The molecule has 4 nitrogen and oxygen atoms in total. The van der Waals surface area contributed by atoms with Gasteiger partial charge in [0.1, 0.15) is 11.1 Å². The Morgan fingerprint density at radius 2 is 2.00 bits per heavy atom. The first-order valence-corrected chi connectivity index (χ1v) is 9.20. The van der Waals surface area contributed by atoms with Crippen LogP contribution in [0.1, 0.15) is 10.6 Å². The number of nitrogens with zero attached hydrogens (tertiary/aromatic N) is 2. The standard InChI is InChI=1S/C19H10Cl2N2O2S/c20-14-3-1-2-11(5-14)16-9-26-19(23-16)13(8-22)4-12-6-17-18(7-15(12)21)25-10-24-17/h1-7,9H,10H2. The molecular formula is C19H10Cl2N2O2S. The first kappa shape index (κ1) is 16.9. The molecule has 0 fully saturated rings. The minimum Gasteiger partial charge on any atom is -0.454 e. The molecule has 1 aromatic heterocycles. The molecule has 2 heterocycles. The maximum absolute atomic E-state index is 9.58. The van der Waals surface area contributed by atoms with Crippen molar-refractivity contribution >= 4 is 46.2 Å². The van der Waals surface area contributed by atoms with Crippen LogP contribution in [0.2, 0.25) is 10.0 Å². The third kappa shape index (κ3) is 3.27.